The maximum atomic E-state index is 14.1. The first-order chi connectivity index (χ1) is 13.0. The Morgan fingerprint density at radius 3 is 2.78 bits per heavy atom. The van der Waals surface area contributed by atoms with Crippen LogP contribution < -0.4 is 15.8 Å². The molecule has 3 N–H and O–H groups in total. The molecule has 0 aliphatic rings. The minimum atomic E-state index is -2.86. The highest BCUT2D eigenvalue weighted by molar-refractivity contribution is 6.31. The van der Waals surface area contributed by atoms with Crippen LogP contribution in [0.15, 0.2) is 36.7 Å². The molecule has 0 radical (unpaired) electrons. The Labute approximate surface area is 157 Å². The zero-order valence-corrected chi connectivity index (χ0v) is 14.5. The van der Waals surface area contributed by atoms with Crippen LogP contribution in [0.3, 0.4) is 0 Å². The Balaban J connectivity index is 1.86. The summed E-state index contributed by atoms with van der Waals surface area (Å²) in [7, 11) is 0. The molecule has 3 aromatic rings. The van der Waals surface area contributed by atoms with E-state index in [1.165, 1.54) is 24.5 Å². The number of nitrogens with zero attached hydrogens (tertiary/aromatic N) is 2. The Kier molecular flexibility index (Phi) is 5.82. The molecule has 0 fully saturated rings. The van der Waals surface area contributed by atoms with E-state index in [9.17, 15) is 13.2 Å². The van der Waals surface area contributed by atoms with Gasteiger partial charge in [-0.1, -0.05) is 17.7 Å². The highest BCUT2D eigenvalue weighted by Gasteiger charge is 2.12. The fourth-order valence-electron chi connectivity index (χ4n) is 2.34. The number of ether oxygens (including phenoxy) is 2. The van der Waals surface area contributed by atoms with Crippen molar-refractivity contribution in [2.45, 2.75) is 6.61 Å². The van der Waals surface area contributed by atoms with E-state index in [0.29, 0.717) is 16.7 Å². The molecule has 0 bridgehead atoms. The summed E-state index contributed by atoms with van der Waals surface area (Å²) in [6.07, 6.45) is 1.28. The van der Waals surface area contributed by atoms with Gasteiger partial charge in [0.1, 0.15) is 24.5 Å². The maximum Gasteiger partial charge on any atom is 0.345 e. The minimum Gasteiger partial charge on any atom is -0.489 e. The molecule has 0 saturated carbocycles. The van der Waals surface area contributed by atoms with Gasteiger partial charge in [0, 0.05) is 11.5 Å². The predicted octanol–water partition coefficient (Wildman–Crippen LogP) is 4.37. The van der Waals surface area contributed by atoms with Crippen molar-refractivity contribution < 1.29 is 22.6 Å². The second-order valence-corrected chi connectivity index (χ2v) is 5.74. The lowest BCUT2D eigenvalue weighted by Crippen LogP contribution is -2.10. The number of halogens is 4. The van der Waals surface area contributed by atoms with Crippen LogP contribution in [0, 0.1) is 5.82 Å². The van der Waals surface area contributed by atoms with Crippen LogP contribution in [0.25, 0.3) is 10.9 Å². The number of hydrogen-bond acceptors (Lipinski definition) is 6. The van der Waals surface area contributed by atoms with E-state index in [1.54, 1.807) is 12.1 Å². The Hall–Kier alpha value is -2.78. The number of hydrogen-bond donors (Lipinski definition) is 2. The van der Waals surface area contributed by atoms with Crippen molar-refractivity contribution in [2.75, 3.05) is 24.3 Å². The number of aromatic nitrogens is 2. The van der Waals surface area contributed by atoms with E-state index in [-0.39, 0.29) is 35.4 Å². The molecule has 0 unspecified atom stereocenters. The quantitative estimate of drug-likeness (QED) is 0.454. The number of nitrogen functional groups attached to an aromatic ring is 1. The molecule has 0 saturated heterocycles. The SMILES string of the molecule is Nc1cc2c(Nc3cccc(Cl)c3F)ncnc2cc1OCCOC(F)F. The van der Waals surface area contributed by atoms with Gasteiger partial charge in [-0.15, -0.1) is 0 Å². The van der Waals surface area contributed by atoms with Gasteiger partial charge in [-0.05, 0) is 18.2 Å². The standard InChI is InChI=1S/C17H14ClF3N4O2/c18-10-2-1-3-12(15(10)19)25-16-9-6-11(22)14(7-13(9)23-8-24-16)26-4-5-27-17(20)21/h1-3,6-8,17H,4-5,22H2,(H,23,24,25). The summed E-state index contributed by atoms with van der Waals surface area (Å²) in [6, 6.07) is 7.62. The number of nitrogens with one attached hydrogen (secondary N) is 1. The molecule has 0 amide bonds. The summed E-state index contributed by atoms with van der Waals surface area (Å²) in [5, 5.41) is 3.35. The topological polar surface area (TPSA) is 82.3 Å². The highest BCUT2D eigenvalue weighted by Crippen LogP contribution is 2.32. The zero-order chi connectivity index (χ0) is 19.4. The van der Waals surface area contributed by atoms with Gasteiger partial charge in [-0.2, -0.15) is 8.78 Å². The lowest BCUT2D eigenvalue weighted by molar-refractivity contribution is -0.133. The van der Waals surface area contributed by atoms with Gasteiger partial charge in [-0.3, -0.25) is 0 Å². The van der Waals surface area contributed by atoms with Gasteiger partial charge < -0.3 is 20.5 Å². The second kappa shape index (κ2) is 8.28. The first kappa shape index (κ1) is 19.0. The third-order valence-electron chi connectivity index (χ3n) is 3.56. The van der Waals surface area contributed by atoms with Crippen molar-refractivity contribution in [2.24, 2.45) is 0 Å². The van der Waals surface area contributed by atoms with E-state index < -0.39 is 12.4 Å². The summed E-state index contributed by atoms with van der Waals surface area (Å²) >= 11 is 5.78. The molecule has 1 heterocycles. The molecule has 0 aliphatic carbocycles. The fraction of sp³-hybridized carbons (Fsp3) is 0.176. The van der Waals surface area contributed by atoms with E-state index >= 15 is 0 Å². The average Bonchev–Trinajstić information content (AvgIpc) is 2.63. The number of benzene rings is 2. The molecule has 6 nitrogen and oxygen atoms in total. The van der Waals surface area contributed by atoms with E-state index in [4.69, 9.17) is 22.1 Å². The Morgan fingerprint density at radius 1 is 1.19 bits per heavy atom. The average molecular weight is 399 g/mol. The molecular formula is C17H14ClF3N4O2. The third kappa shape index (κ3) is 4.50. The molecule has 0 aliphatic heterocycles. The van der Waals surface area contributed by atoms with Crippen molar-refractivity contribution in [1.29, 1.82) is 0 Å². The van der Waals surface area contributed by atoms with Crippen molar-refractivity contribution in [3.63, 3.8) is 0 Å². The van der Waals surface area contributed by atoms with Gasteiger partial charge in [0.15, 0.2) is 5.82 Å². The van der Waals surface area contributed by atoms with E-state index in [1.807, 2.05) is 0 Å². The van der Waals surface area contributed by atoms with Crippen molar-refractivity contribution >= 4 is 39.7 Å². The van der Waals surface area contributed by atoms with Crippen LogP contribution >= 0.6 is 11.6 Å². The summed E-state index contributed by atoms with van der Waals surface area (Å²) < 4.78 is 47.5. The molecule has 2 aromatic carbocycles. The Morgan fingerprint density at radius 2 is 2.00 bits per heavy atom. The third-order valence-corrected chi connectivity index (χ3v) is 3.85. The van der Waals surface area contributed by atoms with Crippen molar-refractivity contribution in [3.8, 4) is 5.75 Å². The maximum absolute atomic E-state index is 14.1. The fourth-order valence-corrected chi connectivity index (χ4v) is 2.52. The number of rotatable bonds is 7. The summed E-state index contributed by atoms with van der Waals surface area (Å²) in [4.78, 5) is 8.23. The molecular weight excluding hydrogens is 385 g/mol. The molecule has 3 rings (SSSR count). The van der Waals surface area contributed by atoms with E-state index in [0.717, 1.165) is 0 Å². The lowest BCUT2D eigenvalue weighted by Gasteiger charge is -2.13. The summed E-state index contributed by atoms with van der Waals surface area (Å²) in [5.41, 5.74) is 6.80. The van der Waals surface area contributed by atoms with Gasteiger partial charge >= 0.3 is 6.61 Å². The molecule has 27 heavy (non-hydrogen) atoms. The molecule has 1 aromatic heterocycles. The summed E-state index contributed by atoms with van der Waals surface area (Å²) in [6.45, 7) is -3.26. The number of nitrogens with two attached hydrogens (primary N) is 1. The zero-order valence-electron chi connectivity index (χ0n) is 13.8. The normalized spacial score (nSPS) is 11.1. The van der Waals surface area contributed by atoms with Crippen LogP contribution in [-0.2, 0) is 4.74 Å². The van der Waals surface area contributed by atoms with Crippen LogP contribution in [-0.4, -0.2) is 29.8 Å². The number of alkyl halides is 2. The molecule has 10 heteroatoms. The van der Waals surface area contributed by atoms with Gasteiger partial charge in [0.25, 0.3) is 0 Å². The largest absolute Gasteiger partial charge is 0.489 e. The van der Waals surface area contributed by atoms with Crippen LogP contribution in [0.1, 0.15) is 0 Å². The summed E-state index contributed by atoms with van der Waals surface area (Å²) in [5.74, 6) is -0.0303. The molecule has 142 valence electrons. The monoisotopic (exact) mass is 398 g/mol. The van der Waals surface area contributed by atoms with Gasteiger partial charge in [0.05, 0.1) is 28.5 Å². The first-order valence-electron chi connectivity index (χ1n) is 7.73. The lowest BCUT2D eigenvalue weighted by atomic mass is 10.2. The molecule has 0 atom stereocenters. The second-order valence-electron chi connectivity index (χ2n) is 5.34. The van der Waals surface area contributed by atoms with Crippen molar-refractivity contribution in [1.82, 2.24) is 9.97 Å². The van der Waals surface area contributed by atoms with Crippen LogP contribution in [0.2, 0.25) is 5.02 Å². The van der Waals surface area contributed by atoms with Crippen molar-refractivity contribution in [3.05, 3.63) is 47.5 Å². The highest BCUT2D eigenvalue weighted by atomic mass is 35.5. The molecule has 0 spiro atoms. The smallest absolute Gasteiger partial charge is 0.345 e. The van der Waals surface area contributed by atoms with Crippen LogP contribution in [0.4, 0.5) is 30.4 Å². The number of fused-ring (bicyclic) bond motifs is 1. The van der Waals surface area contributed by atoms with Gasteiger partial charge in [0.2, 0.25) is 0 Å². The van der Waals surface area contributed by atoms with Gasteiger partial charge in [-0.25, -0.2) is 14.4 Å². The Bertz CT molecular complexity index is 959. The first-order valence-corrected chi connectivity index (χ1v) is 8.11. The predicted molar refractivity (Wildman–Crippen MR) is 96.1 cm³/mol. The minimum absolute atomic E-state index is 0.0282. The van der Waals surface area contributed by atoms with Crippen LogP contribution in [0.5, 0.6) is 5.75 Å². The number of anilines is 3. The van der Waals surface area contributed by atoms with E-state index in [2.05, 4.69) is 20.0 Å².